The Balaban J connectivity index is 1.89. The molecule has 0 spiro atoms. The molecule has 1 N–H and O–H groups in total. The highest BCUT2D eigenvalue weighted by atomic mass is 16.3. The fourth-order valence-electron chi connectivity index (χ4n) is 1.88. The van der Waals surface area contributed by atoms with Crippen LogP contribution in [-0.2, 0) is 0 Å². The summed E-state index contributed by atoms with van der Waals surface area (Å²) < 4.78 is 0. The molecule has 13 heavy (non-hydrogen) atoms. The van der Waals surface area contributed by atoms with Crippen LogP contribution in [0.3, 0.4) is 0 Å². The minimum Gasteiger partial charge on any atom is -0.393 e. The van der Waals surface area contributed by atoms with Gasteiger partial charge in [0, 0.05) is 0 Å². The number of unbranched alkanes of at least 4 members (excludes halogenated alkanes) is 3. The number of aliphatic hydroxyl groups is 1. The van der Waals surface area contributed by atoms with E-state index in [1.54, 1.807) is 0 Å². The second-order valence-electron chi connectivity index (χ2n) is 4.19. The highest BCUT2D eigenvalue weighted by molar-refractivity contribution is 4.76. The molecule has 0 bridgehead atoms. The van der Waals surface area contributed by atoms with E-state index < -0.39 is 0 Å². The van der Waals surface area contributed by atoms with E-state index in [2.05, 4.69) is 6.58 Å². The number of hydrogen-bond donors (Lipinski definition) is 1. The summed E-state index contributed by atoms with van der Waals surface area (Å²) in [6.45, 7) is 3.69. The fourth-order valence-corrected chi connectivity index (χ4v) is 1.88. The summed E-state index contributed by atoms with van der Waals surface area (Å²) in [5, 5.41) is 9.71. The molecule has 0 amide bonds. The van der Waals surface area contributed by atoms with E-state index >= 15 is 0 Å². The predicted octanol–water partition coefficient (Wildman–Crippen LogP) is 3.28. The van der Waals surface area contributed by atoms with Gasteiger partial charge in [0.1, 0.15) is 0 Å². The van der Waals surface area contributed by atoms with Crippen molar-refractivity contribution in [3.8, 4) is 0 Å². The molecule has 76 valence electrons. The maximum Gasteiger partial charge on any atom is 0.0568 e. The zero-order chi connectivity index (χ0) is 9.52. The molecule has 1 atom stereocenters. The monoisotopic (exact) mass is 182 g/mol. The number of hydrogen-bond acceptors (Lipinski definition) is 1. The van der Waals surface area contributed by atoms with Crippen LogP contribution in [-0.4, -0.2) is 11.2 Å². The third-order valence-corrected chi connectivity index (χ3v) is 3.10. The van der Waals surface area contributed by atoms with Crippen molar-refractivity contribution in [3.05, 3.63) is 12.7 Å². The SMILES string of the molecule is C=CCCCCCC(O)C1CCC1. The number of allylic oxidation sites excluding steroid dienone is 1. The Morgan fingerprint density at radius 3 is 2.62 bits per heavy atom. The summed E-state index contributed by atoms with van der Waals surface area (Å²) in [7, 11) is 0. The van der Waals surface area contributed by atoms with Crippen molar-refractivity contribution >= 4 is 0 Å². The lowest BCUT2D eigenvalue weighted by Crippen LogP contribution is -2.26. The van der Waals surface area contributed by atoms with E-state index in [1.807, 2.05) is 6.08 Å². The lowest BCUT2D eigenvalue weighted by Gasteiger charge is -2.30. The van der Waals surface area contributed by atoms with Crippen molar-refractivity contribution in [1.29, 1.82) is 0 Å². The van der Waals surface area contributed by atoms with Crippen LogP contribution >= 0.6 is 0 Å². The highest BCUT2D eigenvalue weighted by Gasteiger charge is 2.24. The Morgan fingerprint density at radius 1 is 1.31 bits per heavy atom. The molecule has 0 aromatic heterocycles. The lowest BCUT2D eigenvalue weighted by atomic mass is 9.79. The van der Waals surface area contributed by atoms with Crippen LogP contribution in [0.25, 0.3) is 0 Å². The van der Waals surface area contributed by atoms with E-state index in [-0.39, 0.29) is 6.10 Å². The van der Waals surface area contributed by atoms with Gasteiger partial charge in [0.2, 0.25) is 0 Å². The van der Waals surface area contributed by atoms with Gasteiger partial charge < -0.3 is 5.11 Å². The predicted molar refractivity (Wildman–Crippen MR) is 56.6 cm³/mol. The summed E-state index contributed by atoms with van der Waals surface area (Å²) in [6, 6.07) is 0. The fraction of sp³-hybridized carbons (Fsp3) is 0.833. The smallest absolute Gasteiger partial charge is 0.0568 e. The van der Waals surface area contributed by atoms with Crippen molar-refractivity contribution in [2.45, 2.75) is 57.5 Å². The van der Waals surface area contributed by atoms with Crippen molar-refractivity contribution in [1.82, 2.24) is 0 Å². The zero-order valence-corrected chi connectivity index (χ0v) is 8.54. The molecule has 0 aromatic rings. The lowest BCUT2D eigenvalue weighted by molar-refractivity contribution is 0.0536. The second-order valence-corrected chi connectivity index (χ2v) is 4.19. The molecule has 0 radical (unpaired) electrons. The molecule has 1 unspecified atom stereocenters. The first-order chi connectivity index (χ1) is 6.34. The molecule has 1 heteroatoms. The van der Waals surface area contributed by atoms with Crippen molar-refractivity contribution in [2.24, 2.45) is 5.92 Å². The first-order valence-electron chi connectivity index (χ1n) is 5.63. The van der Waals surface area contributed by atoms with E-state index in [0.29, 0.717) is 5.92 Å². The average molecular weight is 182 g/mol. The van der Waals surface area contributed by atoms with Gasteiger partial charge in [-0.2, -0.15) is 0 Å². The third kappa shape index (κ3) is 3.95. The van der Waals surface area contributed by atoms with Gasteiger partial charge in [0.15, 0.2) is 0 Å². The molecule has 0 heterocycles. The number of rotatable bonds is 7. The van der Waals surface area contributed by atoms with Crippen LogP contribution in [0.5, 0.6) is 0 Å². The first-order valence-corrected chi connectivity index (χ1v) is 5.63. The summed E-state index contributed by atoms with van der Waals surface area (Å²) in [5.74, 6) is 0.638. The Bertz CT molecular complexity index is 138. The highest BCUT2D eigenvalue weighted by Crippen LogP contribution is 2.31. The quantitative estimate of drug-likeness (QED) is 0.473. The summed E-state index contributed by atoms with van der Waals surface area (Å²) in [5.41, 5.74) is 0. The topological polar surface area (TPSA) is 20.2 Å². The zero-order valence-electron chi connectivity index (χ0n) is 8.54. The van der Waals surface area contributed by atoms with Crippen molar-refractivity contribution in [2.75, 3.05) is 0 Å². The molecule has 0 aliphatic heterocycles. The Morgan fingerprint density at radius 2 is 2.08 bits per heavy atom. The van der Waals surface area contributed by atoms with Crippen LogP contribution in [0.2, 0.25) is 0 Å². The van der Waals surface area contributed by atoms with Gasteiger partial charge in [-0.1, -0.05) is 25.3 Å². The maximum atomic E-state index is 9.71. The first kappa shape index (κ1) is 10.8. The van der Waals surface area contributed by atoms with E-state index in [1.165, 1.54) is 38.5 Å². The van der Waals surface area contributed by atoms with E-state index in [9.17, 15) is 5.11 Å². The molecule has 1 rings (SSSR count). The molecule has 1 nitrogen and oxygen atoms in total. The largest absolute Gasteiger partial charge is 0.393 e. The van der Waals surface area contributed by atoms with Crippen LogP contribution in [0.1, 0.15) is 51.4 Å². The van der Waals surface area contributed by atoms with E-state index in [4.69, 9.17) is 0 Å². The molecular weight excluding hydrogens is 160 g/mol. The van der Waals surface area contributed by atoms with Crippen molar-refractivity contribution < 1.29 is 5.11 Å². The van der Waals surface area contributed by atoms with Gasteiger partial charge in [-0.25, -0.2) is 0 Å². The molecule has 0 saturated heterocycles. The van der Waals surface area contributed by atoms with Gasteiger partial charge in [0.25, 0.3) is 0 Å². The molecule has 1 aliphatic rings. The summed E-state index contributed by atoms with van der Waals surface area (Å²) >= 11 is 0. The van der Waals surface area contributed by atoms with Gasteiger partial charge in [0.05, 0.1) is 6.10 Å². The molecule has 1 fully saturated rings. The standard InChI is InChI=1S/C12H22O/c1-2-3-4-5-6-10-12(13)11-8-7-9-11/h2,11-13H,1,3-10H2. The molecule has 1 saturated carbocycles. The minimum atomic E-state index is -0.00233. The Labute approximate surface area is 81.9 Å². The Kier molecular flexibility index (Phi) is 5.14. The summed E-state index contributed by atoms with van der Waals surface area (Å²) in [6.07, 6.45) is 11.6. The Hall–Kier alpha value is -0.300. The molecule has 1 aliphatic carbocycles. The normalized spacial score (nSPS) is 19.5. The average Bonchev–Trinajstić information content (AvgIpc) is 2.01. The van der Waals surface area contributed by atoms with Gasteiger partial charge in [-0.3, -0.25) is 0 Å². The molecule has 0 aromatic carbocycles. The van der Waals surface area contributed by atoms with Crippen LogP contribution < -0.4 is 0 Å². The number of aliphatic hydroxyl groups excluding tert-OH is 1. The van der Waals surface area contributed by atoms with Gasteiger partial charge >= 0.3 is 0 Å². The van der Waals surface area contributed by atoms with E-state index in [0.717, 1.165) is 12.8 Å². The van der Waals surface area contributed by atoms with Crippen LogP contribution in [0.15, 0.2) is 12.7 Å². The molecular formula is C12H22O. The second kappa shape index (κ2) is 6.20. The van der Waals surface area contributed by atoms with Crippen LogP contribution in [0, 0.1) is 5.92 Å². The third-order valence-electron chi connectivity index (χ3n) is 3.10. The van der Waals surface area contributed by atoms with Gasteiger partial charge in [-0.05, 0) is 38.0 Å². The summed E-state index contributed by atoms with van der Waals surface area (Å²) in [4.78, 5) is 0. The van der Waals surface area contributed by atoms with Gasteiger partial charge in [-0.15, -0.1) is 6.58 Å². The maximum absolute atomic E-state index is 9.71. The minimum absolute atomic E-state index is 0.00233. The van der Waals surface area contributed by atoms with Crippen molar-refractivity contribution in [3.63, 3.8) is 0 Å². The van der Waals surface area contributed by atoms with Crippen LogP contribution in [0.4, 0.5) is 0 Å².